The zero-order valence-electron chi connectivity index (χ0n) is 6.94. The molecule has 0 aliphatic heterocycles. The van der Waals surface area contributed by atoms with Crippen LogP contribution in [0.3, 0.4) is 0 Å². The molecule has 6 heteroatoms. The fourth-order valence-electron chi connectivity index (χ4n) is 0.890. The van der Waals surface area contributed by atoms with Gasteiger partial charge < -0.3 is 0 Å². The lowest BCUT2D eigenvalue weighted by molar-refractivity contribution is -0.121. The number of aromatic amines is 1. The number of Topliss-reactive ketones (excluding diaryl/α,β-unsaturated/α-hetero) is 1. The molecule has 12 heavy (non-hydrogen) atoms. The van der Waals surface area contributed by atoms with Crippen molar-refractivity contribution in [2.75, 3.05) is 0 Å². The monoisotopic (exact) mass is 170 g/mol. The predicted octanol–water partition coefficient (Wildman–Crippen LogP) is -0.493. The Hall–Kier alpha value is -1.46. The molecule has 0 aliphatic rings. The van der Waals surface area contributed by atoms with Crippen LogP contribution >= 0.6 is 0 Å². The Balaban J connectivity index is 2.92. The number of carbonyl (C=O) groups is 1. The molecule has 1 aromatic rings. The first kappa shape index (κ1) is 8.63. The van der Waals surface area contributed by atoms with Gasteiger partial charge in [0.05, 0.1) is 0 Å². The highest BCUT2D eigenvalue weighted by Crippen LogP contribution is 2.02. The van der Waals surface area contributed by atoms with E-state index < -0.39 is 11.7 Å². The molecule has 0 spiro atoms. The van der Waals surface area contributed by atoms with Crippen molar-refractivity contribution in [3.63, 3.8) is 0 Å². The number of hydrogen-bond donors (Lipinski definition) is 1. The Labute approximate surface area is 68.6 Å². The summed E-state index contributed by atoms with van der Waals surface area (Å²) in [6.07, 6.45) is 0.389. The van der Waals surface area contributed by atoms with Crippen molar-refractivity contribution in [2.24, 2.45) is 0 Å². The molecular formula is C6H10N4O2. The van der Waals surface area contributed by atoms with E-state index in [1.165, 1.54) is 0 Å². The van der Waals surface area contributed by atoms with Crippen LogP contribution in [0.1, 0.15) is 26.3 Å². The van der Waals surface area contributed by atoms with Crippen LogP contribution in [-0.2, 0) is 4.79 Å². The van der Waals surface area contributed by atoms with Crippen LogP contribution in [0.2, 0.25) is 0 Å². The molecule has 0 fully saturated rings. The molecule has 1 unspecified atom stereocenters. The van der Waals surface area contributed by atoms with E-state index in [2.05, 4.69) is 15.5 Å². The summed E-state index contributed by atoms with van der Waals surface area (Å²) in [6.45, 7) is 3.36. The summed E-state index contributed by atoms with van der Waals surface area (Å²) < 4.78 is 1.03. The Bertz CT molecular complexity index is 326. The number of rotatable bonds is 3. The molecule has 1 aromatic heterocycles. The minimum atomic E-state index is -0.527. The smallest absolute Gasteiger partial charge is 0.297 e. The zero-order valence-corrected chi connectivity index (χ0v) is 6.94. The number of ketones is 1. The highest BCUT2D eigenvalue weighted by Gasteiger charge is 2.15. The third-order valence-corrected chi connectivity index (χ3v) is 1.68. The number of tetrazole rings is 1. The van der Waals surface area contributed by atoms with Gasteiger partial charge in [0.25, 0.3) is 0 Å². The standard InChI is InChI=1S/C6H10N4O2/c1-3-5(11)4(2)10-6(12)7-8-9-10/h4H,3H2,1-2H3,(H,7,9,12). The molecule has 0 bridgehead atoms. The average molecular weight is 170 g/mol. The number of hydrogen-bond acceptors (Lipinski definition) is 4. The van der Waals surface area contributed by atoms with Crippen LogP contribution in [0.5, 0.6) is 0 Å². The van der Waals surface area contributed by atoms with Gasteiger partial charge in [-0.1, -0.05) is 6.92 Å². The Morgan fingerprint density at radius 2 is 2.42 bits per heavy atom. The maximum absolute atomic E-state index is 11.1. The van der Waals surface area contributed by atoms with E-state index in [4.69, 9.17) is 0 Å². The molecular weight excluding hydrogens is 160 g/mol. The van der Waals surface area contributed by atoms with Gasteiger partial charge in [-0.2, -0.15) is 4.68 Å². The van der Waals surface area contributed by atoms with Gasteiger partial charge in [-0.25, -0.2) is 9.89 Å². The lowest BCUT2D eigenvalue weighted by Gasteiger charge is -2.05. The van der Waals surface area contributed by atoms with Crippen LogP contribution in [0, 0.1) is 0 Å². The molecule has 0 aliphatic carbocycles. The molecule has 1 N–H and O–H groups in total. The van der Waals surface area contributed by atoms with Gasteiger partial charge >= 0.3 is 5.69 Å². The van der Waals surface area contributed by atoms with E-state index in [1.54, 1.807) is 13.8 Å². The molecule has 0 amide bonds. The lowest BCUT2D eigenvalue weighted by Crippen LogP contribution is -2.26. The molecule has 0 aromatic carbocycles. The van der Waals surface area contributed by atoms with E-state index in [0.717, 1.165) is 4.68 Å². The van der Waals surface area contributed by atoms with Gasteiger partial charge in [-0.15, -0.1) is 0 Å². The fourth-order valence-corrected chi connectivity index (χ4v) is 0.890. The highest BCUT2D eigenvalue weighted by molar-refractivity contribution is 5.81. The first-order valence-corrected chi connectivity index (χ1v) is 3.69. The second-order valence-electron chi connectivity index (χ2n) is 2.45. The van der Waals surface area contributed by atoms with Crippen molar-refractivity contribution in [2.45, 2.75) is 26.3 Å². The van der Waals surface area contributed by atoms with Crippen LogP contribution < -0.4 is 5.69 Å². The highest BCUT2D eigenvalue weighted by atomic mass is 16.2. The number of nitrogens with one attached hydrogen (secondary N) is 1. The van der Waals surface area contributed by atoms with Gasteiger partial charge in [0, 0.05) is 6.42 Å². The van der Waals surface area contributed by atoms with Crippen molar-refractivity contribution >= 4 is 5.78 Å². The van der Waals surface area contributed by atoms with Crippen LogP contribution in [0.25, 0.3) is 0 Å². The first-order chi connectivity index (χ1) is 5.66. The van der Waals surface area contributed by atoms with Crippen molar-refractivity contribution in [1.82, 2.24) is 20.2 Å². The number of aromatic nitrogens is 4. The first-order valence-electron chi connectivity index (χ1n) is 3.69. The average Bonchev–Trinajstić information content (AvgIpc) is 2.48. The van der Waals surface area contributed by atoms with E-state index in [0.29, 0.717) is 6.42 Å². The van der Waals surface area contributed by atoms with E-state index in [1.807, 2.05) is 0 Å². The molecule has 0 saturated carbocycles. The summed E-state index contributed by atoms with van der Waals surface area (Å²) in [5, 5.41) is 8.87. The second-order valence-corrected chi connectivity index (χ2v) is 2.45. The lowest BCUT2D eigenvalue weighted by atomic mass is 10.2. The summed E-state index contributed by atoms with van der Waals surface area (Å²) in [7, 11) is 0. The largest absolute Gasteiger partial charge is 0.361 e. The molecule has 0 saturated heterocycles. The van der Waals surface area contributed by atoms with Crippen molar-refractivity contribution in [3.8, 4) is 0 Å². The summed E-state index contributed by atoms with van der Waals surface area (Å²) in [5.41, 5.74) is -0.454. The molecule has 1 rings (SSSR count). The van der Waals surface area contributed by atoms with Gasteiger partial charge in [0.1, 0.15) is 6.04 Å². The van der Waals surface area contributed by atoms with Gasteiger partial charge in [0.2, 0.25) is 0 Å². The summed E-state index contributed by atoms with van der Waals surface area (Å²) >= 11 is 0. The molecule has 1 atom stereocenters. The van der Waals surface area contributed by atoms with Crippen LogP contribution in [-0.4, -0.2) is 26.0 Å². The van der Waals surface area contributed by atoms with E-state index >= 15 is 0 Å². The topological polar surface area (TPSA) is 80.6 Å². The zero-order chi connectivity index (χ0) is 9.14. The van der Waals surface area contributed by atoms with Crippen molar-refractivity contribution in [3.05, 3.63) is 10.5 Å². The van der Waals surface area contributed by atoms with Crippen molar-refractivity contribution < 1.29 is 4.79 Å². The molecule has 66 valence electrons. The second kappa shape index (κ2) is 3.29. The van der Waals surface area contributed by atoms with Crippen molar-refractivity contribution in [1.29, 1.82) is 0 Å². The Kier molecular flexibility index (Phi) is 2.37. The third-order valence-electron chi connectivity index (χ3n) is 1.68. The predicted molar refractivity (Wildman–Crippen MR) is 40.7 cm³/mol. The number of carbonyl (C=O) groups excluding carboxylic acids is 1. The number of H-pyrrole nitrogens is 1. The fraction of sp³-hybridized carbons (Fsp3) is 0.667. The quantitative estimate of drug-likeness (QED) is 0.663. The summed E-state index contributed by atoms with van der Waals surface area (Å²) in [5.74, 6) is -0.0361. The summed E-state index contributed by atoms with van der Waals surface area (Å²) in [6, 6.07) is -0.527. The molecule has 6 nitrogen and oxygen atoms in total. The third kappa shape index (κ3) is 1.41. The minimum absolute atomic E-state index is 0.0361. The van der Waals surface area contributed by atoms with Gasteiger partial charge in [-0.3, -0.25) is 4.79 Å². The maximum Gasteiger partial charge on any atom is 0.361 e. The molecule has 0 radical (unpaired) electrons. The van der Waals surface area contributed by atoms with E-state index in [-0.39, 0.29) is 5.78 Å². The summed E-state index contributed by atoms with van der Waals surface area (Å²) in [4.78, 5) is 22.0. The van der Waals surface area contributed by atoms with Gasteiger partial charge in [-0.05, 0) is 17.4 Å². The van der Waals surface area contributed by atoms with Gasteiger partial charge in [0.15, 0.2) is 5.78 Å². The normalized spacial score (nSPS) is 12.8. The molecule has 1 heterocycles. The van der Waals surface area contributed by atoms with E-state index in [9.17, 15) is 9.59 Å². The Morgan fingerprint density at radius 1 is 1.75 bits per heavy atom. The SMILES string of the molecule is CCC(=O)C(C)n1nn[nH]c1=O. The van der Waals surface area contributed by atoms with Crippen LogP contribution in [0.15, 0.2) is 4.79 Å². The number of nitrogens with zero attached hydrogens (tertiary/aromatic N) is 3. The maximum atomic E-state index is 11.1. The Morgan fingerprint density at radius 3 is 2.83 bits per heavy atom. The van der Waals surface area contributed by atoms with Crippen LogP contribution in [0.4, 0.5) is 0 Å². The minimum Gasteiger partial charge on any atom is -0.297 e.